The van der Waals surface area contributed by atoms with Gasteiger partial charge in [0.25, 0.3) is 0 Å². The molecular formula is C12H17FN2. The molecule has 0 aliphatic carbocycles. The lowest BCUT2D eigenvalue weighted by Crippen LogP contribution is -2.42. The van der Waals surface area contributed by atoms with Gasteiger partial charge in [-0.05, 0) is 25.5 Å². The van der Waals surface area contributed by atoms with Gasteiger partial charge in [-0.3, -0.25) is 4.90 Å². The zero-order chi connectivity index (χ0) is 10.7. The van der Waals surface area contributed by atoms with Crippen molar-refractivity contribution in [3.8, 4) is 0 Å². The van der Waals surface area contributed by atoms with Crippen molar-refractivity contribution in [2.45, 2.75) is 25.4 Å². The van der Waals surface area contributed by atoms with E-state index < -0.39 is 0 Å². The third-order valence-electron chi connectivity index (χ3n) is 2.89. The fourth-order valence-corrected chi connectivity index (χ4v) is 2.10. The molecule has 0 radical (unpaired) electrons. The molecule has 2 N–H and O–H groups in total. The van der Waals surface area contributed by atoms with E-state index in [-0.39, 0.29) is 11.9 Å². The number of likely N-dealkylation sites (tertiary alicyclic amines) is 1. The Balaban J connectivity index is 1.99. The number of nitrogens with two attached hydrogens (primary N) is 1. The summed E-state index contributed by atoms with van der Waals surface area (Å²) in [7, 11) is 0. The Labute approximate surface area is 89.9 Å². The first-order chi connectivity index (χ1) is 7.25. The summed E-state index contributed by atoms with van der Waals surface area (Å²) in [5.41, 5.74) is 6.65. The molecule has 0 amide bonds. The van der Waals surface area contributed by atoms with Crippen LogP contribution in [0.2, 0.25) is 0 Å². The Bertz CT molecular complexity index is 327. The molecule has 1 fully saturated rings. The van der Waals surface area contributed by atoms with E-state index in [4.69, 9.17) is 5.73 Å². The van der Waals surface area contributed by atoms with Gasteiger partial charge in [-0.15, -0.1) is 0 Å². The fraction of sp³-hybridized carbons (Fsp3) is 0.500. The molecule has 2 nitrogen and oxygen atoms in total. The van der Waals surface area contributed by atoms with Crippen LogP contribution >= 0.6 is 0 Å². The number of rotatable bonds is 2. The molecule has 0 spiro atoms. The van der Waals surface area contributed by atoms with Crippen LogP contribution in [0.1, 0.15) is 18.4 Å². The number of piperidine rings is 1. The van der Waals surface area contributed by atoms with Gasteiger partial charge in [-0.1, -0.05) is 18.2 Å². The van der Waals surface area contributed by atoms with Gasteiger partial charge in [0.2, 0.25) is 0 Å². The maximum atomic E-state index is 13.4. The summed E-state index contributed by atoms with van der Waals surface area (Å²) in [6.07, 6.45) is 2.21. The van der Waals surface area contributed by atoms with Crippen LogP contribution in [0.5, 0.6) is 0 Å². The van der Waals surface area contributed by atoms with Crippen molar-refractivity contribution >= 4 is 0 Å². The van der Waals surface area contributed by atoms with E-state index in [0.29, 0.717) is 6.54 Å². The highest BCUT2D eigenvalue weighted by atomic mass is 19.1. The standard InChI is InChI=1S/C12H17FN2/c13-12-6-2-1-4-10(12)8-15-7-3-5-11(14)9-15/h1-2,4,6,11H,3,5,7-9,14H2/t11-/m0/s1. The summed E-state index contributed by atoms with van der Waals surface area (Å²) in [6.45, 7) is 2.59. The molecule has 1 heterocycles. The van der Waals surface area contributed by atoms with Gasteiger partial charge in [0.05, 0.1) is 0 Å². The Morgan fingerprint density at radius 3 is 2.93 bits per heavy atom. The van der Waals surface area contributed by atoms with Crippen molar-refractivity contribution in [2.75, 3.05) is 13.1 Å². The normalized spacial score (nSPS) is 22.9. The molecule has 2 rings (SSSR count). The van der Waals surface area contributed by atoms with Crippen LogP contribution in [0, 0.1) is 5.82 Å². The predicted octanol–water partition coefficient (Wildman–Crippen LogP) is 1.75. The summed E-state index contributed by atoms with van der Waals surface area (Å²) >= 11 is 0. The Morgan fingerprint density at radius 2 is 2.20 bits per heavy atom. The molecule has 15 heavy (non-hydrogen) atoms. The molecule has 82 valence electrons. The first-order valence-electron chi connectivity index (χ1n) is 5.47. The summed E-state index contributed by atoms with van der Waals surface area (Å²) in [4.78, 5) is 2.23. The lowest BCUT2D eigenvalue weighted by molar-refractivity contribution is 0.199. The van der Waals surface area contributed by atoms with Crippen molar-refractivity contribution in [1.82, 2.24) is 4.90 Å². The van der Waals surface area contributed by atoms with Gasteiger partial charge >= 0.3 is 0 Å². The van der Waals surface area contributed by atoms with Crippen LogP contribution in [0.3, 0.4) is 0 Å². The van der Waals surface area contributed by atoms with Gasteiger partial charge in [0, 0.05) is 24.7 Å². The van der Waals surface area contributed by atoms with Crippen LogP contribution in [0.15, 0.2) is 24.3 Å². The first-order valence-corrected chi connectivity index (χ1v) is 5.47. The minimum Gasteiger partial charge on any atom is -0.327 e. The molecule has 1 aromatic carbocycles. The van der Waals surface area contributed by atoms with E-state index in [9.17, 15) is 4.39 Å². The molecule has 1 aliphatic heterocycles. The average Bonchev–Trinajstić information content (AvgIpc) is 2.22. The maximum Gasteiger partial charge on any atom is 0.127 e. The topological polar surface area (TPSA) is 29.3 Å². The molecule has 0 unspecified atom stereocenters. The van der Waals surface area contributed by atoms with Crippen LogP contribution in [-0.4, -0.2) is 24.0 Å². The number of nitrogens with zero attached hydrogens (tertiary/aromatic N) is 1. The second-order valence-electron chi connectivity index (χ2n) is 4.23. The highest BCUT2D eigenvalue weighted by Gasteiger charge is 2.17. The van der Waals surface area contributed by atoms with Crippen LogP contribution in [-0.2, 0) is 6.54 Å². The summed E-state index contributed by atoms with van der Waals surface area (Å²) in [5.74, 6) is -0.114. The summed E-state index contributed by atoms with van der Waals surface area (Å²) in [6, 6.07) is 7.21. The second kappa shape index (κ2) is 4.73. The van der Waals surface area contributed by atoms with Gasteiger partial charge < -0.3 is 5.73 Å². The molecule has 3 heteroatoms. The van der Waals surface area contributed by atoms with E-state index in [0.717, 1.165) is 31.5 Å². The quantitative estimate of drug-likeness (QED) is 0.802. The molecule has 0 aromatic heterocycles. The van der Waals surface area contributed by atoms with Crippen LogP contribution < -0.4 is 5.73 Å². The molecule has 0 bridgehead atoms. The third kappa shape index (κ3) is 2.76. The minimum atomic E-state index is -0.114. The fourth-order valence-electron chi connectivity index (χ4n) is 2.10. The zero-order valence-corrected chi connectivity index (χ0v) is 8.82. The minimum absolute atomic E-state index is 0.114. The monoisotopic (exact) mass is 208 g/mol. The van der Waals surface area contributed by atoms with E-state index in [2.05, 4.69) is 4.90 Å². The highest BCUT2D eigenvalue weighted by Crippen LogP contribution is 2.14. The first kappa shape index (κ1) is 10.6. The van der Waals surface area contributed by atoms with Gasteiger partial charge in [0.1, 0.15) is 5.82 Å². The van der Waals surface area contributed by atoms with E-state index in [1.807, 2.05) is 12.1 Å². The number of hydrogen-bond acceptors (Lipinski definition) is 2. The number of halogens is 1. The highest BCUT2D eigenvalue weighted by molar-refractivity contribution is 5.17. The van der Waals surface area contributed by atoms with Crippen molar-refractivity contribution in [1.29, 1.82) is 0 Å². The van der Waals surface area contributed by atoms with E-state index in [1.54, 1.807) is 6.07 Å². The SMILES string of the molecule is N[C@H]1CCCN(Cc2ccccc2F)C1. The summed E-state index contributed by atoms with van der Waals surface area (Å²) in [5, 5.41) is 0. The third-order valence-corrected chi connectivity index (χ3v) is 2.89. The van der Waals surface area contributed by atoms with Crippen LogP contribution in [0.25, 0.3) is 0 Å². The molecule has 0 saturated carbocycles. The van der Waals surface area contributed by atoms with Gasteiger partial charge in [-0.25, -0.2) is 4.39 Å². The molecule has 1 aliphatic rings. The Hall–Kier alpha value is -0.930. The second-order valence-corrected chi connectivity index (χ2v) is 4.23. The van der Waals surface area contributed by atoms with Gasteiger partial charge in [-0.2, -0.15) is 0 Å². The molecule has 1 aromatic rings. The van der Waals surface area contributed by atoms with Gasteiger partial charge in [0.15, 0.2) is 0 Å². The molecule has 1 atom stereocenters. The lowest BCUT2D eigenvalue weighted by Gasteiger charge is -2.30. The van der Waals surface area contributed by atoms with Crippen molar-refractivity contribution in [2.24, 2.45) is 5.73 Å². The predicted molar refractivity (Wildman–Crippen MR) is 58.9 cm³/mol. The Kier molecular flexibility index (Phi) is 3.34. The Morgan fingerprint density at radius 1 is 1.40 bits per heavy atom. The zero-order valence-electron chi connectivity index (χ0n) is 8.82. The van der Waals surface area contributed by atoms with Crippen molar-refractivity contribution < 1.29 is 4.39 Å². The largest absolute Gasteiger partial charge is 0.327 e. The maximum absolute atomic E-state index is 13.4. The average molecular weight is 208 g/mol. The van der Waals surface area contributed by atoms with E-state index in [1.165, 1.54) is 6.07 Å². The number of hydrogen-bond donors (Lipinski definition) is 1. The van der Waals surface area contributed by atoms with Crippen molar-refractivity contribution in [3.63, 3.8) is 0 Å². The van der Waals surface area contributed by atoms with E-state index >= 15 is 0 Å². The molecular weight excluding hydrogens is 191 g/mol. The smallest absolute Gasteiger partial charge is 0.127 e. The van der Waals surface area contributed by atoms with Crippen molar-refractivity contribution in [3.05, 3.63) is 35.6 Å². The molecule has 1 saturated heterocycles. The summed E-state index contributed by atoms with van der Waals surface area (Å²) < 4.78 is 13.4. The van der Waals surface area contributed by atoms with Crippen LogP contribution in [0.4, 0.5) is 4.39 Å². The number of benzene rings is 1. The lowest BCUT2D eigenvalue weighted by atomic mass is 10.1.